The highest BCUT2D eigenvalue weighted by atomic mass is 32.2. The molecule has 0 bridgehead atoms. The van der Waals surface area contributed by atoms with Crippen molar-refractivity contribution in [1.82, 2.24) is 0 Å². The van der Waals surface area contributed by atoms with Gasteiger partial charge in [-0.1, -0.05) is 0 Å². The van der Waals surface area contributed by atoms with E-state index in [4.69, 9.17) is 9.47 Å². The Morgan fingerprint density at radius 1 is 1.47 bits per heavy atom. The molecule has 15 heavy (non-hydrogen) atoms. The van der Waals surface area contributed by atoms with Crippen LogP contribution in [0, 0.1) is 0 Å². The minimum atomic E-state index is -1.22. The van der Waals surface area contributed by atoms with Crippen molar-refractivity contribution in [3.63, 3.8) is 0 Å². The molecule has 0 aromatic rings. The second kappa shape index (κ2) is 4.31. The fourth-order valence-electron chi connectivity index (χ4n) is 1.07. The van der Waals surface area contributed by atoms with E-state index < -0.39 is 16.8 Å². The molecule has 0 saturated carbocycles. The van der Waals surface area contributed by atoms with Gasteiger partial charge < -0.3 is 9.47 Å². The van der Waals surface area contributed by atoms with Gasteiger partial charge in [0.15, 0.2) is 5.79 Å². The van der Waals surface area contributed by atoms with E-state index in [-0.39, 0.29) is 10.9 Å². The van der Waals surface area contributed by atoms with Crippen molar-refractivity contribution >= 4 is 17.2 Å². The zero-order chi connectivity index (χ0) is 11.7. The van der Waals surface area contributed by atoms with E-state index in [9.17, 15) is 4.21 Å². The van der Waals surface area contributed by atoms with Gasteiger partial charge in [-0.05, 0) is 34.6 Å². The summed E-state index contributed by atoms with van der Waals surface area (Å²) in [5.41, 5.74) is 0. The lowest BCUT2D eigenvalue weighted by molar-refractivity contribution is -0.130. The summed E-state index contributed by atoms with van der Waals surface area (Å²) < 4.78 is 26.1. The van der Waals surface area contributed by atoms with Gasteiger partial charge in [-0.2, -0.15) is 4.40 Å². The Balaban J connectivity index is 2.50. The number of hydrogen-bond donors (Lipinski definition) is 0. The van der Waals surface area contributed by atoms with E-state index >= 15 is 0 Å². The van der Waals surface area contributed by atoms with Crippen molar-refractivity contribution in [3.8, 4) is 0 Å². The van der Waals surface area contributed by atoms with Crippen molar-refractivity contribution in [2.45, 2.75) is 51.3 Å². The lowest BCUT2D eigenvalue weighted by Crippen LogP contribution is -2.23. The Bertz CT molecular complexity index is 281. The lowest BCUT2D eigenvalue weighted by atomic mass is 10.3. The van der Waals surface area contributed by atoms with Crippen LogP contribution in [-0.4, -0.2) is 33.7 Å². The second-order valence-corrected chi connectivity index (χ2v) is 6.92. The van der Waals surface area contributed by atoms with Gasteiger partial charge in [-0.3, -0.25) is 0 Å². The number of hydrogen-bond acceptors (Lipinski definition) is 3. The maximum absolute atomic E-state index is 11.6. The molecule has 1 heterocycles. The average Bonchev–Trinajstić information content (AvgIpc) is 2.39. The van der Waals surface area contributed by atoms with Crippen LogP contribution in [0.5, 0.6) is 0 Å². The molecule has 4 nitrogen and oxygen atoms in total. The third-order valence-electron chi connectivity index (χ3n) is 1.88. The zero-order valence-corrected chi connectivity index (χ0v) is 10.8. The molecule has 0 spiro atoms. The molecule has 0 N–H and O–H groups in total. The van der Waals surface area contributed by atoms with E-state index in [0.29, 0.717) is 6.61 Å². The van der Waals surface area contributed by atoms with E-state index in [0.717, 1.165) is 0 Å². The van der Waals surface area contributed by atoms with Crippen LogP contribution in [0.15, 0.2) is 4.40 Å². The predicted octanol–water partition coefficient (Wildman–Crippen LogP) is 1.67. The van der Waals surface area contributed by atoms with E-state index in [2.05, 4.69) is 4.40 Å². The molecule has 0 amide bonds. The number of ether oxygens (including phenoxy) is 2. The Morgan fingerprint density at radius 2 is 2.07 bits per heavy atom. The highest BCUT2D eigenvalue weighted by molar-refractivity contribution is 7.85. The maximum Gasteiger partial charge on any atom is 0.163 e. The van der Waals surface area contributed by atoms with Gasteiger partial charge in [0.2, 0.25) is 0 Å². The Hall–Kier alpha value is -0.260. The third kappa shape index (κ3) is 4.01. The minimum Gasteiger partial charge on any atom is -0.347 e. The molecule has 1 aliphatic heterocycles. The first-order valence-electron chi connectivity index (χ1n) is 4.99. The number of nitrogens with zero attached hydrogens (tertiary/aromatic N) is 1. The smallest absolute Gasteiger partial charge is 0.163 e. The van der Waals surface area contributed by atoms with Gasteiger partial charge in [0.05, 0.1) is 11.4 Å². The van der Waals surface area contributed by atoms with Gasteiger partial charge >= 0.3 is 0 Å². The van der Waals surface area contributed by atoms with Gasteiger partial charge in [-0.15, -0.1) is 0 Å². The van der Waals surface area contributed by atoms with Gasteiger partial charge in [0.1, 0.15) is 17.1 Å². The van der Waals surface area contributed by atoms with Crippen LogP contribution in [0.4, 0.5) is 0 Å². The topological polar surface area (TPSA) is 47.9 Å². The molecule has 0 aromatic heterocycles. The normalized spacial score (nSPS) is 28.5. The van der Waals surface area contributed by atoms with Crippen LogP contribution >= 0.6 is 0 Å². The molecular formula is C10H19NO3S. The molecule has 0 aromatic carbocycles. The standard InChI is InChI=1S/C10H19NO3S/c1-9(2,3)15(12)11-6-8-7-13-10(4,5)14-8/h6,8H,7H2,1-5H3/t8-,15?/m0/s1. The van der Waals surface area contributed by atoms with Crippen LogP contribution in [0.2, 0.25) is 0 Å². The highest BCUT2D eigenvalue weighted by Gasteiger charge is 2.32. The summed E-state index contributed by atoms with van der Waals surface area (Å²) in [6, 6.07) is 0. The summed E-state index contributed by atoms with van der Waals surface area (Å²) in [6.45, 7) is 9.82. The Labute approximate surface area is 93.6 Å². The third-order valence-corrected chi connectivity index (χ3v) is 3.24. The molecule has 88 valence electrons. The van der Waals surface area contributed by atoms with Crippen molar-refractivity contribution in [1.29, 1.82) is 0 Å². The lowest BCUT2D eigenvalue weighted by Gasteiger charge is -2.16. The molecule has 0 radical (unpaired) electrons. The molecule has 1 saturated heterocycles. The molecule has 1 aliphatic rings. The SMILES string of the molecule is CC1(C)OC[C@H](C=NS(=O)C(C)(C)C)O1. The first-order chi connectivity index (χ1) is 6.71. The molecule has 5 heteroatoms. The molecule has 1 rings (SSSR count). The van der Waals surface area contributed by atoms with E-state index in [1.54, 1.807) is 6.21 Å². The van der Waals surface area contributed by atoms with Gasteiger partial charge in [-0.25, -0.2) is 4.21 Å². The van der Waals surface area contributed by atoms with Crippen molar-refractivity contribution in [2.75, 3.05) is 6.61 Å². The van der Waals surface area contributed by atoms with E-state index in [1.165, 1.54) is 0 Å². The largest absolute Gasteiger partial charge is 0.347 e. The van der Waals surface area contributed by atoms with Crippen LogP contribution < -0.4 is 0 Å². The Kier molecular flexibility index (Phi) is 3.68. The fourth-order valence-corrected chi connectivity index (χ4v) is 1.63. The molecule has 0 aliphatic carbocycles. The van der Waals surface area contributed by atoms with Crippen molar-refractivity contribution < 1.29 is 13.7 Å². The maximum atomic E-state index is 11.6. The average molecular weight is 233 g/mol. The molecule has 1 unspecified atom stereocenters. The summed E-state index contributed by atoms with van der Waals surface area (Å²) in [5.74, 6) is -0.556. The second-order valence-electron chi connectivity index (χ2n) is 4.98. The first-order valence-corrected chi connectivity index (χ1v) is 6.09. The van der Waals surface area contributed by atoms with Crippen molar-refractivity contribution in [3.05, 3.63) is 0 Å². The summed E-state index contributed by atoms with van der Waals surface area (Å²) >= 11 is 0. The first kappa shape index (κ1) is 12.8. The molecule has 2 atom stereocenters. The Morgan fingerprint density at radius 3 is 2.47 bits per heavy atom. The summed E-state index contributed by atoms with van der Waals surface area (Å²) in [4.78, 5) is 0. The minimum absolute atomic E-state index is 0.189. The summed E-state index contributed by atoms with van der Waals surface area (Å²) in [5, 5.41) is 0. The predicted molar refractivity (Wildman–Crippen MR) is 61.3 cm³/mol. The molecular weight excluding hydrogens is 214 g/mol. The van der Waals surface area contributed by atoms with Crippen LogP contribution in [-0.2, 0) is 20.5 Å². The monoisotopic (exact) mass is 233 g/mol. The quantitative estimate of drug-likeness (QED) is 0.682. The van der Waals surface area contributed by atoms with Crippen LogP contribution in [0.25, 0.3) is 0 Å². The number of rotatable bonds is 2. The highest BCUT2D eigenvalue weighted by Crippen LogP contribution is 2.21. The van der Waals surface area contributed by atoms with Crippen molar-refractivity contribution in [2.24, 2.45) is 4.40 Å². The summed E-state index contributed by atoms with van der Waals surface area (Å²) in [7, 11) is -1.22. The van der Waals surface area contributed by atoms with E-state index in [1.807, 2.05) is 34.6 Å². The molecule has 1 fully saturated rings. The van der Waals surface area contributed by atoms with Crippen LogP contribution in [0.3, 0.4) is 0 Å². The summed E-state index contributed by atoms with van der Waals surface area (Å²) in [6.07, 6.45) is 1.39. The van der Waals surface area contributed by atoms with Gasteiger partial charge in [0, 0.05) is 6.21 Å². The zero-order valence-electron chi connectivity index (χ0n) is 9.94. The van der Waals surface area contributed by atoms with Crippen LogP contribution in [0.1, 0.15) is 34.6 Å². The fraction of sp³-hybridized carbons (Fsp3) is 0.900. The van der Waals surface area contributed by atoms with Gasteiger partial charge in [0.25, 0.3) is 0 Å².